The van der Waals surface area contributed by atoms with E-state index in [4.69, 9.17) is 33.4 Å². The number of halogens is 2. The van der Waals surface area contributed by atoms with Crippen molar-refractivity contribution in [3.63, 3.8) is 0 Å². The van der Waals surface area contributed by atoms with Gasteiger partial charge < -0.3 is 30.0 Å². The molecule has 2 fully saturated rings. The zero-order chi connectivity index (χ0) is 25.3. The Morgan fingerprint density at radius 1 is 0.912 bits per heavy atom. The smallest absolute Gasteiger partial charge is 0.407 e. The number of benzene rings is 1. The van der Waals surface area contributed by atoms with E-state index in [9.17, 15) is 24.3 Å². The molecule has 12 heteroatoms. The minimum absolute atomic E-state index is 0.00220. The maximum atomic E-state index is 12.9. The van der Waals surface area contributed by atoms with Crippen molar-refractivity contribution < 1.29 is 34.5 Å². The molecule has 0 radical (unpaired) electrons. The summed E-state index contributed by atoms with van der Waals surface area (Å²) >= 11 is 12.0. The fraction of sp³-hybridized carbons (Fsp3) is 0.455. The summed E-state index contributed by atoms with van der Waals surface area (Å²) < 4.78 is 0. The fourth-order valence-corrected chi connectivity index (χ4v) is 4.17. The number of hydrogen-bond acceptors (Lipinski definition) is 5. The van der Waals surface area contributed by atoms with E-state index in [0.29, 0.717) is 41.8 Å². The normalized spacial score (nSPS) is 18.5. The van der Waals surface area contributed by atoms with Crippen LogP contribution in [0.5, 0.6) is 0 Å². The van der Waals surface area contributed by atoms with Gasteiger partial charge in [0.2, 0.25) is 5.91 Å². The summed E-state index contributed by atoms with van der Waals surface area (Å²) in [7, 11) is 0. The van der Waals surface area contributed by atoms with Gasteiger partial charge in [0.25, 0.3) is 0 Å². The first-order valence-electron chi connectivity index (χ1n) is 10.6. The summed E-state index contributed by atoms with van der Waals surface area (Å²) in [6.07, 6.45) is 2.75. The maximum absolute atomic E-state index is 12.9. The molecule has 10 nitrogen and oxygen atoms in total. The minimum Gasteiger partial charge on any atom is -0.478 e. The van der Waals surface area contributed by atoms with Crippen LogP contribution in [-0.2, 0) is 20.8 Å². The molecule has 186 valence electrons. The molecule has 1 atom stereocenters. The average molecular weight is 516 g/mol. The largest absolute Gasteiger partial charge is 0.478 e. The van der Waals surface area contributed by atoms with E-state index in [1.807, 2.05) is 4.90 Å². The number of carboxylic acid groups (broad SMARTS) is 3. The van der Waals surface area contributed by atoms with Crippen molar-refractivity contribution in [2.45, 2.75) is 25.3 Å². The molecule has 2 aliphatic heterocycles. The second kappa shape index (κ2) is 13.2. The van der Waals surface area contributed by atoms with Gasteiger partial charge in [0.05, 0.1) is 22.5 Å². The molecule has 3 N–H and O–H groups in total. The zero-order valence-electron chi connectivity index (χ0n) is 18.4. The highest BCUT2D eigenvalue weighted by Gasteiger charge is 2.33. The first-order chi connectivity index (χ1) is 16.1. The van der Waals surface area contributed by atoms with Crippen LogP contribution in [-0.4, -0.2) is 99.3 Å². The molecule has 0 spiro atoms. The molecular formula is C22H27Cl2N3O7. The van der Waals surface area contributed by atoms with Crippen molar-refractivity contribution in [2.24, 2.45) is 0 Å². The Bertz CT molecular complexity index is 919. The number of carbonyl (C=O) groups excluding carboxylic acids is 1. The van der Waals surface area contributed by atoms with Gasteiger partial charge in [-0.2, -0.15) is 0 Å². The third-order valence-electron chi connectivity index (χ3n) is 5.45. The quantitative estimate of drug-likeness (QED) is 0.491. The SMILES string of the molecule is O=C(O)C=CC(=O)O.O=C(O)N1CCN(C(=O)Cc2ccc(Cl)c(Cl)c2)C(CN2CCCC2)C1. The highest BCUT2D eigenvalue weighted by atomic mass is 35.5. The number of carboxylic acids is 2. The topological polar surface area (TPSA) is 139 Å². The molecule has 0 saturated carbocycles. The lowest BCUT2D eigenvalue weighted by atomic mass is 10.1. The molecule has 2 aliphatic rings. The van der Waals surface area contributed by atoms with Crippen molar-refractivity contribution in [1.82, 2.24) is 14.7 Å². The van der Waals surface area contributed by atoms with Crippen LogP contribution in [0.4, 0.5) is 4.79 Å². The summed E-state index contributed by atoms with van der Waals surface area (Å²) in [4.78, 5) is 48.9. The van der Waals surface area contributed by atoms with Gasteiger partial charge >= 0.3 is 18.0 Å². The lowest BCUT2D eigenvalue weighted by Crippen LogP contribution is -2.59. The molecule has 2 saturated heterocycles. The van der Waals surface area contributed by atoms with E-state index in [2.05, 4.69) is 4.90 Å². The first kappa shape index (κ1) is 27.4. The summed E-state index contributed by atoms with van der Waals surface area (Å²) in [5.41, 5.74) is 0.810. The van der Waals surface area contributed by atoms with Crippen molar-refractivity contribution in [3.8, 4) is 0 Å². The van der Waals surface area contributed by atoms with Gasteiger partial charge in [0.15, 0.2) is 0 Å². The van der Waals surface area contributed by atoms with E-state index in [1.54, 1.807) is 18.2 Å². The molecule has 1 unspecified atom stereocenters. The van der Waals surface area contributed by atoms with Crippen LogP contribution in [0.1, 0.15) is 18.4 Å². The number of aliphatic carboxylic acids is 2. The third kappa shape index (κ3) is 8.85. The molecule has 2 amide bonds. The summed E-state index contributed by atoms with van der Waals surface area (Å²) in [5, 5.41) is 25.8. The van der Waals surface area contributed by atoms with Gasteiger partial charge in [-0.3, -0.25) is 4.79 Å². The van der Waals surface area contributed by atoms with E-state index in [0.717, 1.165) is 38.0 Å². The first-order valence-corrected chi connectivity index (χ1v) is 11.4. The monoisotopic (exact) mass is 515 g/mol. The van der Waals surface area contributed by atoms with E-state index < -0.39 is 18.0 Å². The molecule has 3 rings (SSSR count). The van der Waals surface area contributed by atoms with Gasteiger partial charge in [-0.15, -0.1) is 0 Å². The Morgan fingerprint density at radius 3 is 2.06 bits per heavy atom. The summed E-state index contributed by atoms with van der Waals surface area (Å²) in [5.74, 6) is -2.52. The van der Waals surface area contributed by atoms with Gasteiger partial charge in [0.1, 0.15) is 0 Å². The van der Waals surface area contributed by atoms with Crippen molar-refractivity contribution in [1.29, 1.82) is 0 Å². The molecule has 34 heavy (non-hydrogen) atoms. The Labute approximate surface area is 206 Å². The molecule has 0 aromatic heterocycles. The predicted octanol–water partition coefficient (Wildman–Crippen LogP) is 2.53. The van der Waals surface area contributed by atoms with Crippen LogP contribution in [0, 0.1) is 0 Å². The van der Waals surface area contributed by atoms with Crippen LogP contribution < -0.4 is 0 Å². The second-order valence-electron chi connectivity index (χ2n) is 7.91. The lowest BCUT2D eigenvalue weighted by molar-refractivity contribution is -0.135. The molecule has 1 aromatic rings. The summed E-state index contributed by atoms with van der Waals surface area (Å²) in [6.45, 7) is 3.87. The Hall–Kier alpha value is -2.82. The second-order valence-corrected chi connectivity index (χ2v) is 8.73. The van der Waals surface area contributed by atoms with Crippen LogP contribution in [0.3, 0.4) is 0 Å². The predicted molar refractivity (Wildman–Crippen MR) is 125 cm³/mol. The number of amides is 2. The Kier molecular flexibility index (Phi) is 10.6. The fourth-order valence-electron chi connectivity index (χ4n) is 3.85. The van der Waals surface area contributed by atoms with E-state index in [1.165, 1.54) is 4.90 Å². The van der Waals surface area contributed by atoms with Crippen LogP contribution in [0.15, 0.2) is 30.4 Å². The van der Waals surface area contributed by atoms with Crippen LogP contribution >= 0.6 is 23.2 Å². The molecule has 0 aliphatic carbocycles. The minimum atomic E-state index is -1.26. The van der Waals surface area contributed by atoms with E-state index in [-0.39, 0.29) is 18.4 Å². The highest BCUT2D eigenvalue weighted by Crippen LogP contribution is 2.24. The van der Waals surface area contributed by atoms with Crippen LogP contribution in [0.25, 0.3) is 0 Å². The standard InChI is InChI=1S/C18H23Cl2N3O3.C4H4O4/c19-15-4-3-13(9-16(15)20)10-17(24)23-8-7-22(18(25)26)12-14(23)11-21-5-1-2-6-21;5-3(6)1-2-4(7)8/h3-4,9,14H,1-2,5-8,10-12H2,(H,25,26);1-2H,(H,5,6)(H,7,8). The van der Waals surface area contributed by atoms with E-state index >= 15 is 0 Å². The summed E-state index contributed by atoms with van der Waals surface area (Å²) in [6, 6.07) is 5.09. The van der Waals surface area contributed by atoms with Crippen molar-refractivity contribution >= 4 is 47.1 Å². The number of rotatable bonds is 6. The van der Waals surface area contributed by atoms with Gasteiger partial charge in [-0.05, 0) is 43.6 Å². The van der Waals surface area contributed by atoms with Crippen molar-refractivity contribution in [3.05, 3.63) is 46.0 Å². The van der Waals surface area contributed by atoms with Gasteiger partial charge in [0, 0.05) is 38.3 Å². The van der Waals surface area contributed by atoms with Crippen LogP contribution in [0.2, 0.25) is 10.0 Å². The number of likely N-dealkylation sites (tertiary alicyclic amines) is 1. The number of nitrogens with zero attached hydrogens (tertiary/aromatic N) is 3. The Balaban J connectivity index is 0.000000440. The highest BCUT2D eigenvalue weighted by molar-refractivity contribution is 6.42. The Morgan fingerprint density at radius 2 is 1.53 bits per heavy atom. The molecule has 1 aromatic carbocycles. The van der Waals surface area contributed by atoms with Gasteiger partial charge in [-0.25, -0.2) is 14.4 Å². The average Bonchev–Trinajstić information content (AvgIpc) is 3.28. The third-order valence-corrected chi connectivity index (χ3v) is 6.19. The number of carbonyl (C=O) groups is 4. The molecular weight excluding hydrogens is 489 g/mol. The lowest BCUT2D eigenvalue weighted by Gasteiger charge is -2.42. The van der Waals surface area contributed by atoms with Crippen molar-refractivity contribution in [2.75, 3.05) is 39.3 Å². The number of piperazine rings is 1. The van der Waals surface area contributed by atoms with Gasteiger partial charge in [-0.1, -0.05) is 29.3 Å². The number of hydrogen-bond donors (Lipinski definition) is 3. The molecule has 2 heterocycles. The maximum Gasteiger partial charge on any atom is 0.407 e. The molecule has 0 bridgehead atoms. The zero-order valence-corrected chi connectivity index (χ0v) is 19.9.